The van der Waals surface area contributed by atoms with E-state index < -0.39 is 5.91 Å². The van der Waals surface area contributed by atoms with Crippen LogP contribution in [-0.4, -0.2) is 23.1 Å². The maximum Gasteiger partial charge on any atom is 0.338 e. The van der Waals surface area contributed by atoms with Crippen LogP contribution in [0.3, 0.4) is 0 Å². The third-order valence-corrected chi connectivity index (χ3v) is 5.23. The maximum atomic E-state index is 12.4. The second-order valence-corrected chi connectivity index (χ2v) is 7.63. The van der Waals surface area contributed by atoms with E-state index in [1.807, 2.05) is 49.6 Å². The summed E-state index contributed by atoms with van der Waals surface area (Å²) >= 11 is 0. The number of nitriles is 1. The van der Waals surface area contributed by atoms with Crippen LogP contribution in [0, 0.1) is 25.2 Å². The van der Waals surface area contributed by atoms with Gasteiger partial charge in [0.15, 0.2) is 0 Å². The number of nitrogens with one attached hydrogen (secondary N) is 1. The number of hydrogen-bond acceptors (Lipinski definition) is 5. The molecule has 3 rings (SSSR count). The number of hydrogen-bond donors (Lipinski definition) is 1. The fourth-order valence-electron chi connectivity index (χ4n) is 3.45. The highest BCUT2D eigenvalue weighted by molar-refractivity contribution is 6.01. The Balaban J connectivity index is 1.78. The number of benzene rings is 1. The molecule has 0 fully saturated rings. The molecule has 170 valence electrons. The largest absolute Gasteiger partial charge is 0.467 e. The number of carbonyl (C=O) groups excluding carboxylic acids is 2. The topological polar surface area (TPSA) is 97.3 Å². The molecule has 1 amide bonds. The third-order valence-electron chi connectivity index (χ3n) is 5.23. The zero-order valence-corrected chi connectivity index (χ0v) is 19.1. The van der Waals surface area contributed by atoms with Gasteiger partial charge in [-0.3, -0.25) is 4.79 Å². The van der Waals surface area contributed by atoms with Crippen molar-refractivity contribution in [1.82, 2.24) is 9.88 Å². The van der Waals surface area contributed by atoms with Gasteiger partial charge in [0.25, 0.3) is 5.91 Å². The minimum Gasteiger partial charge on any atom is -0.467 e. The molecule has 0 unspecified atom stereocenters. The molecule has 0 spiro atoms. The lowest BCUT2D eigenvalue weighted by Gasteiger charge is -2.11. The second-order valence-electron chi connectivity index (χ2n) is 7.63. The van der Waals surface area contributed by atoms with E-state index in [0.29, 0.717) is 17.9 Å². The normalized spacial score (nSPS) is 11.2. The Morgan fingerprint density at radius 3 is 2.61 bits per heavy atom. The minimum atomic E-state index is -0.468. The van der Waals surface area contributed by atoms with Gasteiger partial charge in [-0.05, 0) is 74.4 Å². The molecule has 7 nitrogen and oxygen atoms in total. The molecule has 1 N–H and O–H groups in total. The third kappa shape index (κ3) is 5.80. The SMILES string of the molecule is CCCCOC(=O)c1ccc(-n2c(C)cc(/C=C(\C#N)C(=O)NCc3ccco3)c2C)cc1. The summed E-state index contributed by atoms with van der Waals surface area (Å²) in [7, 11) is 0. The highest BCUT2D eigenvalue weighted by Gasteiger charge is 2.15. The smallest absolute Gasteiger partial charge is 0.338 e. The van der Waals surface area contributed by atoms with Gasteiger partial charge >= 0.3 is 5.97 Å². The molecule has 3 aromatic rings. The molecule has 0 saturated carbocycles. The van der Waals surface area contributed by atoms with Crippen LogP contribution >= 0.6 is 0 Å². The van der Waals surface area contributed by atoms with E-state index in [9.17, 15) is 14.9 Å². The molecule has 0 radical (unpaired) electrons. The maximum absolute atomic E-state index is 12.4. The van der Waals surface area contributed by atoms with Crippen LogP contribution in [0.1, 0.15) is 52.8 Å². The van der Waals surface area contributed by atoms with Crippen molar-refractivity contribution in [3.05, 3.63) is 82.6 Å². The van der Waals surface area contributed by atoms with Gasteiger partial charge in [0.1, 0.15) is 17.4 Å². The van der Waals surface area contributed by atoms with Crippen molar-refractivity contribution in [3.8, 4) is 11.8 Å². The quantitative estimate of drug-likeness (QED) is 0.219. The van der Waals surface area contributed by atoms with Gasteiger partial charge in [0.05, 0.1) is 25.0 Å². The van der Waals surface area contributed by atoms with Crippen molar-refractivity contribution < 1.29 is 18.7 Å². The van der Waals surface area contributed by atoms with Crippen molar-refractivity contribution >= 4 is 18.0 Å². The Bertz CT molecular complexity index is 1180. The average Bonchev–Trinajstić information content (AvgIpc) is 3.43. The highest BCUT2D eigenvalue weighted by atomic mass is 16.5. The predicted octanol–water partition coefficient (Wildman–Crippen LogP) is 4.87. The lowest BCUT2D eigenvalue weighted by Crippen LogP contribution is -2.23. The molecule has 33 heavy (non-hydrogen) atoms. The first-order valence-corrected chi connectivity index (χ1v) is 10.8. The van der Waals surface area contributed by atoms with E-state index in [2.05, 4.69) is 5.32 Å². The van der Waals surface area contributed by atoms with E-state index in [1.54, 1.807) is 30.3 Å². The first kappa shape index (κ1) is 23.6. The van der Waals surface area contributed by atoms with Crippen LogP contribution in [0.2, 0.25) is 0 Å². The fraction of sp³-hybridized carbons (Fsp3) is 0.269. The standard InChI is InChI=1S/C26H27N3O4/c1-4-5-12-33-26(31)20-8-10-23(11-9-20)29-18(2)14-21(19(29)3)15-22(16-27)25(30)28-17-24-7-6-13-32-24/h6-11,13-15H,4-5,12,17H2,1-3H3,(H,28,30)/b22-15+. The number of unbranched alkanes of at least 4 members (excludes halogenated alkanes) is 1. The molecule has 2 heterocycles. The van der Waals surface area contributed by atoms with Gasteiger partial charge in [0, 0.05) is 17.1 Å². The molecule has 0 aliphatic rings. The van der Waals surface area contributed by atoms with Crippen molar-refractivity contribution in [1.29, 1.82) is 5.26 Å². The number of amides is 1. The summed E-state index contributed by atoms with van der Waals surface area (Å²) in [5.74, 6) is -0.194. The summed E-state index contributed by atoms with van der Waals surface area (Å²) in [6.07, 6.45) is 4.91. The van der Waals surface area contributed by atoms with Gasteiger partial charge in [-0.15, -0.1) is 0 Å². The molecule has 0 aliphatic heterocycles. The number of aromatic nitrogens is 1. The Morgan fingerprint density at radius 2 is 1.97 bits per heavy atom. The molecular formula is C26H27N3O4. The Hall–Kier alpha value is -4.05. The zero-order valence-electron chi connectivity index (χ0n) is 19.1. The van der Waals surface area contributed by atoms with Gasteiger partial charge in [0.2, 0.25) is 0 Å². The first-order chi connectivity index (χ1) is 15.9. The van der Waals surface area contributed by atoms with Crippen LogP contribution in [-0.2, 0) is 16.1 Å². The van der Waals surface area contributed by atoms with E-state index in [4.69, 9.17) is 9.15 Å². The van der Waals surface area contributed by atoms with Gasteiger partial charge in [-0.25, -0.2) is 4.79 Å². The molecule has 1 aromatic carbocycles. The molecule has 2 aromatic heterocycles. The Labute approximate surface area is 193 Å². The number of ether oxygens (including phenoxy) is 1. The number of aryl methyl sites for hydroxylation is 1. The van der Waals surface area contributed by atoms with Crippen molar-refractivity contribution in [3.63, 3.8) is 0 Å². The average molecular weight is 446 g/mol. The van der Waals surface area contributed by atoms with E-state index >= 15 is 0 Å². The van der Waals surface area contributed by atoms with Crippen molar-refractivity contribution in [2.75, 3.05) is 6.61 Å². The monoisotopic (exact) mass is 445 g/mol. The van der Waals surface area contributed by atoms with E-state index in [-0.39, 0.29) is 18.1 Å². The number of esters is 1. The van der Waals surface area contributed by atoms with Crippen LogP contribution in [0.4, 0.5) is 0 Å². The summed E-state index contributed by atoms with van der Waals surface area (Å²) in [5, 5.41) is 12.2. The predicted molar refractivity (Wildman–Crippen MR) is 125 cm³/mol. The Morgan fingerprint density at radius 1 is 1.21 bits per heavy atom. The lowest BCUT2D eigenvalue weighted by atomic mass is 10.1. The number of carbonyl (C=O) groups is 2. The molecule has 0 aliphatic carbocycles. The minimum absolute atomic E-state index is 0.00646. The highest BCUT2D eigenvalue weighted by Crippen LogP contribution is 2.23. The number of rotatable bonds is 9. The van der Waals surface area contributed by atoms with Crippen molar-refractivity contribution in [2.45, 2.75) is 40.2 Å². The fourth-order valence-corrected chi connectivity index (χ4v) is 3.45. The molecule has 0 saturated heterocycles. The van der Waals surface area contributed by atoms with E-state index in [1.165, 1.54) is 6.26 Å². The second kappa shape index (κ2) is 11.0. The van der Waals surface area contributed by atoms with Crippen LogP contribution in [0.5, 0.6) is 0 Å². The lowest BCUT2D eigenvalue weighted by molar-refractivity contribution is -0.117. The van der Waals surface area contributed by atoms with Crippen LogP contribution in [0.25, 0.3) is 11.8 Å². The first-order valence-electron chi connectivity index (χ1n) is 10.8. The van der Waals surface area contributed by atoms with Crippen LogP contribution < -0.4 is 5.32 Å². The van der Waals surface area contributed by atoms with E-state index in [0.717, 1.165) is 35.5 Å². The summed E-state index contributed by atoms with van der Waals surface area (Å²) in [6, 6.07) is 14.6. The summed E-state index contributed by atoms with van der Waals surface area (Å²) in [6.45, 7) is 6.53. The molecule has 0 bridgehead atoms. The molecule has 0 atom stereocenters. The van der Waals surface area contributed by atoms with Gasteiger partial charge in [-0.2, -0.15) is 5.26 Å². The summed E-state index contributed by atoms with van der Waals surface area (Å²) in [5.41, 5.74) is 3.95. The molecular weight excluding hydrogens is 418 g/mol. The van der Waals surface area contributed by atoms with Crippen molar-refractivity contribution in [2.24, 2.45) is 0 Å². The summed E-state index contributed by atoms with van der Waals surface area (Å²) < 4.78 is 12.5. The Kier molecular flexibility index (Phi) is 7.87. The summed E-state index contributed by atoms with van der Waals surface area (Å²) in [4.78, 5) is 24.6. The number of nitrogens with zero attached hydrogens (tertiary/aromatic N) is 2. The number of furan rings is 1. The zero-order chi connectivity index (χ0) is 23.8. The van der Waals surface area contributed by atoms with Crippen LogP contribution in [0.15, 0.2) is 58.7 Å². The van der Waals surface area contributed by atoms with Gasteiger partial charge in [-0.1, -0.05) is 13.3 Å². The van der Waals surface area contributed by atoms with Gasteiger partial charge < -0.3 is 19.0 Å². The molecule has 7 heteroatoms.